The van der Waals surface area contributed by atoms with E-state index >= 15 is 0 Å². The predicted octanol–water partition coefficient (Wildman–Crippen LogP) is 1.77. The highest BCUT2D eigenvalue weighted by molar-refractivity contribution is 7.99. The lowest BCUT2D eigenvalue weighted by molar-refractivity contribution is 0.318. The van der Waals surface area contributed by atoms with E-state index in [1.165, 1.54) is 24.2 Å². The van der Waals surface area contributed by atoms with Crippen LogP contribution in [0, 0.1) is 0 Å². The van der Waals surface area contributed by atoms with Gasteiger partial charge in [-0.3, -0.25) is 0 Å². The fourth-order valence-electron chi connectivity index (χ4n) is 1.10. The van der Waals surface area contributed by atoms with Crippen LogP contribution in [0.4, 0.5) is 0 Å². The van der Waals surface area contributed by atoms with Crippen molar-refractivity contribution in [3.05, 3.63) is 41.3 Å². The number of pyridine rings is 1. The molecule has 0 atom stereocenters. The number of hydrogen-bond donors (Lipinski definition) is 2. The van der Waals surface area contributed by atoms with Crippen LogP contribution in [0.25, 0.3) is 0 Å². The Hall–Kier alpha value is -1.86. The van der Waals surface area contributed by atoms with Gasteiger partial charge in [0, 0.05) is 12.4 Å². The molecule has 8 heteroatoms. The Balaban J connectivity index is 2.22. The summed E-state index contributed by atoms with van der Waals surface area (Å²) in [4.78, 5) is 12.3. The lowest BCUT2D eigenvalue weighted by Crippen LogP contribution is -2.15. The summed E-state index contributed by atoms with van der Waals surface area (Å²) in [5, 5.41) is 13.2. The first-order valence-corrected chi connectivity index (χ1v) is 5.99. The summed E-state index contributed by atoms with van der Waals surface area (Å²) in [6, 6.07) is 5.03. The number of nitrogens with zero attached hydrogens (tertiary/aromatic N) is 4. The minimum Gasteiger partial charge on any atom is -0.409 e. The van der Waals surface area contributed by atoms with Crippen molar-refractivity contribution < 1.29 is 5.21 Å². The molecule has 2 rings (SSSR count). The Labute approximate surface area is 112 Å². The van der Waals surface area contributed by atoms with E-state index in [1.54, 1.807) is 18.2 Å². The van der Waals surface area contributed by atoms with Crippen LogP contribution in [-0.4, -0.2) is 26.0 Å². The van der Waals surface area contributed by atoms with Gasteiger partial charge in [0.2, 0.25) is 0 Å². The molecule has 0 aliphatic carbocycles. The molecule has 3 N–H and O–H groups in total. The van der Waals surface area contributed by atoms with Crippen LogP contribution >= 0.6 is 23.4 Å². The van der Waals surface area contributed by atoms with Crippen LogP contribution in [0.2, 0.25) is 5.02 Å². The number of oxime groups is 1. The van der Waals surface area contributed by atoms with Gasteiger partial charge in [-0.05, 0) is 30.0 Å². The second-order valence-electron chi connectivity index (χ2n) is 3.13. The second kappa shape index (κ2) is 5.65. The van der Waals surface area contributed by atoms with Gasteiger partial charge in [-0.2, -0.15) is 0 Å². The molecule has 2 aromatic rings. The molecule has 2 heterocycles. The Kier molecular flexibility index (Phi) is 3.96. The molecule has 0 saturated carbocycles. The minimum atomic E-state index is -0.0664. The molecule has 0 aromatic carbocycles. The number of halogens is 1. The maximum atomic E-state index is 8.57. The molecule has 18 heavy (non-hydrogen) atoms. The lowest BCUT2D eigenvalue weighted by Gasteiger charge is -2.01. The van der Waals surface area contributed by atoms with Gasteiger partial charge in [-0.15, -0.1) is 0 Å². The molecule has 6 nitrogen and oxygen atoms in total. The van der Waals surface area contributed by atoms with Crippen molar-refractivity contribution in [2.24, 2.45) is 10.9 Å². The zero-order chi connectivity index (χ0) is 13.0. The molecule has 2 aromatic heterocycles. The first kappa shape index (κ1) is 12.6. The van der Waals surface area contributed by atoms with Crippen molar-refractivity contribution in [1.29, 1.82) is 0 Å². The highest BCUT2D eigenvalue weighted by Gasteiger charge is 2.06. The molecule has 0 amide bonds. The summed E-state index contributed by atoms with van der Waals surface area (Å²) in [5.74, 6) is -0.0664. The fraction of sp³-hybridized carbons (Fsp3) is 0. The molecule has 0 spiro atoms. The molecule has 0 aliphatic heterocycles. The molecular weight excluding hydrogens is 274 g/mol. The van der Waals surface area contributed by atoms with E-state index in [4.69, 9.17) is 22.5 Å². The third-order valence-corrected chi connectivity index (χ3v) is 2.95. The van der Waals surface area contributed by atoms with Gasteiger partial charge in [-0.25, -0.2) is 15.0 Å². The molecule has 0 fully saturated rings. The van der Waals surface area contributed by atoms with Crippen molar-refractivity contribution in [1.82, 2.24) is 15.0 Å². The topological polar surface area (TPSA) is 97.3 Å². The molecule has 0 aliphatic rings. The van der Waals surface area contributed by atoms with Crippen LogP contribution in [0.3, 0.4) is 0 Å². The van der Waals surface area contributed by atoms with E-state index in [0.717, 1.165) is 0 Å². The van der Waals surface area contributed by atoms with Crippen LogP contribution in [0.15, 0.2) is 45.9 Å². The number of nitrogens with two attached hydrogens (primary N) is 1. The molecule has 92 valence electrons. The highest BCUT2D eigenvalue weighted by atomic mass is 35.5. The monoisotopic (exact) mass is 281 g/mol. The summed E-state index contributed by atoms with van der Waals surface area (Å²) < 4.78 is 0. The summed E-state index contributed by atoms with van der Waals surface area (Å²) in [6.07, 6.45) is 3.07. The van der Waals surface area contributed by atoms with Crippen LogP contribution < -0.4 is 5.73 Å². The quantitative estimate of drug-likeness (QED) is 0.293. The number of rotatable bonds is 3. The van der Waals surface area contributed by atoms with E-state index in [9.17, 15) is 0 Å². The van der Waals surface area contributed by atoms with Crippen molar-refractivity contribution in [2.45, 2.75) is 10.2 Å². The molecule has 0 unspecified atom stereocenters. The Morgan fingerprint density at radius 2 is 2.17 bits per heavy atom. The van der Waals surface area contributed by atoms with E-state index in [-0.39, 0.29) is 5.84 Å². The second-order valence-corrected chi connectivity index (χ2v) is 4.55. The van der Waals surface area contributed by atoms with E-state index in [2.05, 4.69) is 20.1 Å². The van der Waals surface area contributed by atoms with Crippen LogP contribution in [0.1, 0.15) is 5.69 Å². The molecule has 0 bridgehead atoms. The normalized spacial score (nSPS) is 11.5. The summed E-state index contributed by atoms with van der Waals surface area (Å²) in [6.45, 7) is 0. The average molecular weight is 282 g/mol. The molecular formula is C10H8ClN5OS. The maximum absolute atomic E-state index is 8.57. The number of amidine groups is 1. The van der Waals surface area contributed by atoms with Gasteiger partial charge >= 0.3 is 0 Å². The molecule has 0 saturated heterocycles. The smallest absolute Gasteiger partial charge is 0.194 e. The van der Waals surface area contributed by atoms with Crippen LogP contribution in [-0.2, 0) is 0 Å². The summed E-state index contributed by atoms with van der Waals surface area (Å²) in [5.41, 5.74) is 5.79. The van der Waals surface area contributed by atoms with Gasteiger partial charge in [0.15, 0.2) is 11.0 Å². The summed E-state index contributed by atoms with van der Waals surface area (Å²) in [7, 11) is 0. The maximum Gasteiger partial charge on any atom is 0.194 e. The van der Waals surface area contributed by atoms with E-state index in [0.29, 0.717) is 20.9 Å². The molecule has 0 radical (unpaired) electrons. The Bertz CT molecular complexity index is 575. The van der Waals surface area contributed by atoms with E-state index < -0.39 is 0 Å². The predicted molar refractivity (Wildman–Crippen MR) is 67.9 cm³/mol. The van der Waals surface area contributed by atoms with Crippen LogP contribution in [0.5, 0.6) is 0 Å². The zero-order valence-electron chi connectivity index (χ0n) is 8.99. The Morgan fingerprint density at radius 1 is 1.33 bits per heavy atom. The van der Waals surface area contributed by atoms with Crippen molar-refractivity contribution >= 4 is 29.2 Å². The lowest BCUT2D eigenvalue weighted by atomic mass is 10.4. The summed E-state index contributed by atoms with van der Waals surface area (Å²) >= 11 is 6.99. The van der Waals surface area contributed by atoms with Gasteiger partial charge < -0.3 is 10.9 Å². The van der Waals surface area contributed by atoms with Crippen molar-refractivity contribution in [2.75, 3.05) is 0 Å². The highest BCUT2D eigenvalue weighted by Crippen LogP contribution is 2.23. The van der Waals surface area contributed by atoms with Gasteiger partial charge in [-0.1, -0.05) is 16.8 Å². The van der Waals surface area contributed by atoms with Gasteiger partial charge in [0.05, 0.1) is 5.02 Å². The van der Waals surface area contributed by atoms with Crippen molar-refractivity contribution in [3.8, 4) is 0 Å². The first-order chi connectivity index (χ1) is 8.69. The minimum absolute atomic E-state index is 0.0664. The third-order valence-electron chi connectivity index (χ3n) is 1.90. The number of hydrogen-bond acceptors (Lipinski definition) is 6. The zero-order valence-corrected chi connectivity index (χ0v) is 10.6. The number of aromatic nitrogens is 3. The van der Waals surface area contributed by atoms with Gasteiger partial charge in [0.25, 0.3) is 0 Å². The standard InChI is InChI=1S/C10H8ClN5OS/c11-6-1-2-8(14-5-6)18-10-13-4-3-7(15-10)9(12)16-17/h1-5,17H,(H2,12,16). The SMILES string of the molecule is N/C(=N/O)c1ccnc(Sc2ccc(Cl)cn2)n1. The largest absolute Gasteiger partial charge is 0.409 e. The average Bonchev–Trinajstić information content (AvgIpc) is 2.41. The third kappa shape index (κ3) is 3.08. The fourth-order valence-corrected chi connectivity index (χ4v) is 1.90. The Morgan fingerprint density at radius 3 is 2.83 bits per heavy atom. The van der Waals surface area contributed by atoms with Gasteiger partial charge in [0.1, 0.15) is 10.7 Å². The van der Waals surface area contributed by atoms with E-state index in [1.807, 2.05) is 0 Å². The first-order valence-electron chi connectivity index (χ1n) is 4.79. The van der Waals surface area contributed by atoms with Crippen molar-refractivity contribution in [3.63, 3.8) is 0 Å².